The smallest absolute Gasteiger partial charge is 0.410 e. The van der Waals surface area contributed by atoms with Crippen molar-refractivity contribution in [1.29, 1.82) is 0 Å². The highest BCUT2D eigenvalue weighted by Gasteiger charge is 2.55. The number of nitrogens with zero attached hydrogens (tertiary/aromatic N) is 2. The van der Waals surface area contributed by atoms with Gasteiger partial charge in [-0.05, 0) is 70.1 Å². The fourth-order valence-corrected chi connectivity index (χ4v) is 4.84. The van der Waals surface area contributed by atoms with Crippen LogP contribution in [0.4, 0.5) is 13.6 Å². The van der Waals surface area contributed by atoms with Gasteiger partial charge in [-0.15, -0.1) is 0 Å². The molecule has 1 aromatic carbocycles. The maximum Gasteiger partial charge on any atom is 0.410 e. The predicted molar refractivity (Wildman–Crippen MR) is 124 cm³/mol. The molecule has 1 aliphatic heterocycles. The summed E-state index contributed by atoms with van der Waals surface area (Å²) in [5.41, 5.74) is 5.94. The normalized spacial score (nSPS) is 23.9. The van der Waals surface area contributed by atoms with Gasteiger partial charge in [-0.2, -0.15) is 8.78 Å². The molecule has 32 heavy (non-hydrogen) atoms. The average molecular weight is 508 g/mol. The maximum absolute atomic E-state index is 15.5. The number of rotatable bonds is 3. The molecule has 2 N–H and O–H groups in total. The minimum absolute atomic E-state index is 0.00569. The van der Waals surface area contributed by atoms with Gasteiger partial charge < -0.3 is 10.5 Å². The number of allylic oxidation sites excluding steroid dienone is 4. The van der Waals surface area contributed by atoms with Crippen LogP contribution in [0.3, 0.4) is 0 Å². The van der Waals surface area contributed by atoms with Crippen LogP contribution < -0.4 is 5.73 Å². The second-order valence-electron chi connectivity index (χ2n) is 9.89. The van der Waals surface area contributed by atoms with Gasteiger partial charge in [-0.25, -0.2) is 9.79 Å². The van der Waals surface area contributed by atoms with Crippen LogP contribution in [0.1, 0.15) is 58.1 Å². The number of ether oxygens (including phenoxy) is 1. The summed E-state index contributed by atoms with van der Waals surface area (Å²) in [5, 5.41) is 0. The molecule has 1 amide bonds. The molecule has 1 aromatic rings. The van der Waals surface area contributed by atoms with Crippen LogP contribution in [0.15, 0.2) is 45.5 Å². The molecule has 172 valence electrons. The highest BCUT2D eigenvalue weighted by atomic mass is 79.9. The zero-order valence-electron chi connectivity index (χ0n) is 18.7. The first kappa shape index (κ1) is 23.0. The summed E-state index contributed by atoms with van der Waals surface area (Å²) >= 11 is 3.28. The number of nitrogens with two attached hydrogens (primary N) is 1. The van der Waals surface area contributed by atoms with E-state index in [4.69, 9.17) is 10.5 Å². The third-order valence-electron chi connectivity index (χ3n) is 6.17. The number of hydrogen-bond donors (Lipinski definition) is 1. The summed E-state index contributed by atoms with van der Waals surface area (Å²) in [6, 6.07) is 4.23. The van der Waals surface area contributed by atoms with E-state index in [1.807, 2.05) is 0 Å². The molecule has 1 spiro atoms. The number of carbonyl (C=O) groups is 1. The SMILES string of the molecule is C/C=C\C1=C(N=C(N)[C@@H]2CC3(CC3)CN2C(=O)OC(C)(C)C)C(F)(F)c2cc(Br)ccc21. The standard InChI is InChI=1S/C24H28BrF2N3O2/c1-5-6-16-15-8-7-14(25)11-17(15)24(26,27)19(16)29-20(28)18-12-23(9-10-23)13-30(18)21(31)32-22(2,3)4/h5-8,11,18H,9-10,12-13H2,1-4H3,(H2,28,29)/b6-5-/t18-/m0/s1. The number of benzene rings is 1. The minimum atomic E-state index is -3.30. The van der Waals surface area contributed by atoms with Crippen molar-refractivity contribution in [3.05, 3.63) is 51.6 Å². The topological polar surface area (TPSA) is 67.9 Å². The van der Waals surface area contributed by atoms with Crippen molar-refractivity contribution < 1.29 is 18.3 Å². The lowest BCUT2D eigenvalue weighted by molar-refractivity contribution is 0.0256. The summed E-state index contributed by atoms with van der Waals surface area (Å²) in [7, 11) is 0. The monoisotopic (exact) mass is 507 g/mol. The van der Waals surface area contributed by atoms with Crippen LogP contribution >= 0.6 is 15.9 Å². The Kier molecular flexibility index (Phi) is 5.51. The van der Waals surface area contributed by atoms with Gasteiger partial charge in [0.2, 0.25) is 0 Å². The predicted octanol–water partition coefficient (Wildman–Crippen LogP) is 5.99. The molecule has 1 saturated heterocycles. The van der Waals surface area contributed by atoms with Gasteiger partial charge in [0.15, 0.2) is 0 Å². The number of carbonyl (C=O) groups excluding carboxylic acids is 1. The highest BCUT2D eigenvalue weighted by molar-refractivity contribution is 9.10. The second kappa shape index (κ2) is 7.68. The van der Waals surface area contributed by atoms with Gasteiger partial charge in [0, 0.05) is 22.2 Å². The van der Waals surface area contributed by atoms with E-state index >= 15 is 8.78 Å². The van der Waals surface area contributed by atoms with Crippen molar-refractivity contribution in [2.45, 2.75) is 64.5 Å². The second-order valence-corrected chi connectivity index (χ2v) is 10.8. The number of aliphatic imine (C=N–C) groups is 1. The van der Waals surface area contributed by atoms with E-state index in [9.17, 15) is 4.79 Å². The van der Waals surface area contributed by atoms with Crippen LogP contribution in [-0.4, -0.2) is 35.0 Å². The first-order valence-corrected chi connectivity index (χ1v) is 11.6. The quantitative estimate of drug-likeness (QED) is 0.403. The molecule has 1 atom stereocenters. The lowest BCUT2D eigenvalue weighted by Gasteiger charge is -2.28. The van der Waals surface area contributed by atoms with Crippen molar-refractivity contribution in [2.75, 3.05) is 6.54 Å². The summed E-state index contributed by atoms with van der Waals surface area (Å²) < 4.78 is 37.1. The lowest BCUT2D eigenvalue weighted by atomic mass is 10.0. The van der Waals surface area contributed by atoms with Crippen LogP contribution in [0.25, 0.3) is 5.57 Å². The Labute approximate surface area is 195 Å². The molecule has 1 heterocycles. The maximum atomic E-state index is 15.5. The Morgan fingerprint density at radius 2 is 2.03 bits per heavy atom. The van der Waals surface area contributed by atoms with E-state index in [1.165, 1.54) is 6.07 Å². The third-order valence-corrected chi connectivity index (χ3v) is 6.66. The van der Waals surface area contributed by atoms with Crippen molar-refractivity contribution in [1.82, 2.24) is 4.90 Å². The third kappa shape index (κ3) is 4.09. The summed E-state index contributed by atoms with van der Waals surface area (Å²) in [6.07, 6.45) is 5.42. The molecule has 5 nitrogen and oxygen atoms in total. The van der Waals surface area contributed by atoms with Gasteiger partial charge in [-0.3, -0.25) is 4.90 Å². The number of amides is 1. The van der Waals surface area contributed by atoms with Gasteiger partial charge >= 0.3 is 12.0 Å². The van der Waals surface area contributed by atoms with E-state index < -0.39 is 23.7 Å². The average Bonchev–Trinajstić information content (AvgIpc) is 3.27. The molecule has 1 saturated carbocycles. The number of alkyl halides is 2. The van der Waals surface area contributed by atoms with Crippen molar-refractivity contribution in [3.8, 4) is 0 Å². The molecule has 0 radical (unpaired) electrons. The largest absolute Gasteiger partial charge is 0.444 e. The van der Waals surface area contributed by atoms with Gasteiger partial charge in [0.1, 0.15) is 17.1 Å². The van der Waals surface area contributed by atoms with E-state index in [-0.39, 0.29) is 22.5 Å². The van der Waals surface area contributed by atoms with Crippen LogP contribution in [0, 0.1) is 5.41 Å². The number of fused-ring (bicyclic) bond motifs is 1. The highest BCUT2D eigenvalue weighted by Crippen LogP contribution is 2.55. The molecule has 0 bridgehead atoms. The molecule has 0 unspecified atom stereocenters. The molecular weight excluding hydrogens is 480 g/mol. The Hall–Kier alpha value is -2.22. The van der Waals surface area contributed by atoms with E-state index in [1.54, 1.807) is 56.9 Å². The van der Waals surface area contributed by atoms with Crippen molar-refractivity contribution in [3.63, 3.8) is 0 Å². The minimum Gasteiger partial charge on any atom is -0.444 e. The van der Waals surface area contributed by atoms with Gasteiger partial charge in [0.05, 0.1) is 6.04 Å². The van der Waals surface area contributed by atoms with Crippen molar-refractivity contribution >= 4 is 33.4 Å². The molecule has 4 rings (SSSR count). The zero-order valence-corrected chi connectivity index (χ0v) is 20.3. The molecular formula is C24H28BrF2N3O2. The molecule has 0 aromatic heterocycles. The Morgan fingerprint density at radius 3 is 2.62 bits per heavy atom. The van der Waals surface area contributed by atoms with Crippen molar-refractivity contribution in [2.24, 2.45) is 16.1 Å². The Morgan fingerprint density at radius 1 is 1.34 bits per heavy atom. The molecule has 2 fully saturated rings. The summed E-state index contributed by atoms with van der Waals surface area (Å²) in [5.74, 6) is -3.28. The van der Waals surface area contributed by atoms with Crippen LogP contribution in [0.2, 0.25) is 0 Å². The van der Waals surface area contributed by atoms with E-state index in [0.29, 0.717) is 28.6 Å². The van der Waals surface area contributed by atoms with Gasteiger partial charge in [-0.1, -0.05) is 34.1 Å². The fourth-order valence-electron chi connectivity index (χ4n) is 4.48. The Balaban J connectivity index is 1.73. The number of amidine groups is 1. The van der Waals surface area contributed by atoms with E-state index in [0.717, 1.165) is 12.8 Å². The summed E-state index contributed by atoms with van der Waals surface area (Å²) in [6.45, 7) is 7.66. The Bertz CT molecular complexity index is 1050. The number of likely N-dealkylation sites (tertiary alicyclic amines) is 1. The van der Waals surface area contributed by atoms with Gasteiger partial charge in [0.25, 0.3) is 0 Å². The molecule has 3 aliphatic rings. The lowest BCUT2D eigenvalue weighted by Crippen LogP contribution is -2.46. The zero-order chi connectivity index (χ0) is 23.5. The first-order chi connectivity index (χ1) is 14.9. The number of halogens is 3. The van der Waals surface area contributed by atoms with Crippen LogP contribution in [-0.2, 0) is 10.7 Å². The number of hydrogen-bond acceptors (Lipinski definition) is 3. The van der Waals surface area contributed by atoms with Crippen LogP contribution in [0.5, 0.6) is 0 Å². The summed E-state index contributed by atoms with van der Waals surface area (Å²) in [4.78, 5) is 18.7. The first-order valence-electron chi connectivity index (χ1n) is 10.8. The fraction of sp³-hybridized carbons (Fsp3) is 0.500. The molecule has 8 heteroatoms. The van der Waals surface area contributed by atoms with E-state index in [2.05, 4.69) is 20.9 Å². The molecule has 2 aliphatic carbocycles.